The van der Waals surface area contributed by atoms with E-state index in [9.17, 15) is 0 Å². The molecule has 0 bridgehead atoms. The second-order valence-corrected chi connectivity index (χ2v) is 5.76. The molecule has 1 N–H and O–H groups in total. The largest absolute Gasteiger partial charge is 0.362 e. The lowest BCUT2D eigenvalue weighted by atomic mass is 10.1. The number of thioether (sulfide) groups is 1. The molecule has 0 saturated carbocycles. The number of hydrogen-bond donors (Lipinski definition) is 1. The van der Waals surface area contributed by atoms with Crippen molar-refractivity contribution >= 4 is 16.9 Å². The van der Waals surface area contributed by atoms with Gasteiger partial charge in [-0.2, -0.15) is 0 Å². The van der Waals surface area contributed by atoms with Gasteiger partial charge in [0, 0.05) is 18.3 Å². The van der Waals surface area contributed by atoms with Crippen LogP contribution < -0.4 is 5.32 Å². The average molecular weight is 227 g/mol. The van der Waals surface area contributed by atoms with Crippen LogP contribution in [-0.4, -0.2) is 48.0 Å². The smallest absolute Gasteiger partial charge is 0.157 e. The number of likely N-dealkylation sites (tertiary alicyclic amines) is 1. The molecule has 0 aliphatic carbocycles. The molecule has 2 fully saturated rings. The SMILES string of the molecule is CC1CCSC(=NC2CCCN(C)C2)N1. The summed E-state index contributed by atoms with van der Waals surface area (Å²) in [4.78, 5) is 7.21. The average Bonchev–Trinajstić information content (AvgIpc) is 2.17. The molecule has 0 aromatic carbocycles. The molecule has 0 aromatic rings. The van der Waals surface area contributed by atoms with E-state index in [4.69, 9.17) is 4.99 Å². The lowest BCUT2D eigenvalue weighted by Crippen LogP contribution is -2.39. The first-order chi connectivity index (χ1) is 7.24. The van der Waals surface area contributed by atoms with Crippen molar-refractivity contribution < 1.29 is 0 Å². The Morgan fingerprint density at radius 3 is 3.07 bits per heavy atom. The summed E-state index contributed by atoms with van der Waals surface area (Å²) in [6.07, 6.45) is 3.80. The molecule has 3 nitrogen and oxygen atoms in total. The fraction of sp³-hybridized carbons (Fsp3) is 0.909. The van der Waals surface area contributed by atoms with E-state index in [1.807, 2.05) is 11.8 Å². The molecule has 0 spiro atoms. The normalized spacial score (nSPS) is 36.5. The Balaban J connectivity index is 1.90. The molecule has 2 aliphatic heterocycles. The molecule has 4 heteroatoms. The number of hydrogen-bond acceptors (Lipinski definition) is 3. The minimum absolute atomic E-state index is 0.518. The number of nitrogens with zero attached hydrogens (tertiary/aromatic N) is 2. The summed E-state index contributed by atoms with van der Waals surface area (Å²) >= 11 is 1.88. The number of likely N-dealkylation sites (N-methyl/N-ethyl adjacent to an activating group) is 1. The standard InChI is InChI=1S/C11H21N3S/c1-9-5-7-15-11(12-9)13-10-4-3-6-14(2)8-10/h9-10H,3-8H2,1-2H3,(H,12,13). The summed E-state index contributed by atoms with van der Waals surface area (Å²) in [5.41, 5.74) is 0. The predicted molar refractivity (Wildman–Crippen MR) is 67.6 cm³/mol. The third-order valence-corrected chi connectivity index (χ3v) is 4.00. The highest BCUT2D eigenvalue weighted by Crippen LogP contribution is 2.17. The highest BCUT2D eigenvalue weighted by molar-refractivity contribution is 8.13. The molecular formula is C11H21N3S. The Morgan fingerprint density at radius 1 is 1.47 bits per heavy atom. The summed E-state index contributed by atoms with van der Waals surface area (Å²) in [5, 5.41) is 4.65. The highest BCUT2D eigenvalue weighted by atomic mass is 32.2. The molecule has 15 heavy (non-hydrogen) atoms. The zero-order valence-electron chi connectivity index (χ0n) is 9.70. The Hall–Kier alpha value is -0.220. The molecule has 0 aromatic heterocycles. The fourth-order valence-electron chi connectivity index (χ4n) is 2.14. The van der Waals surface area contributed by atoms with Gasteiger partial charge >= 0.3 is 0 Å². The van der Waals surface area contributed by atoms with Gasteiger partial charge in [-0.1, -0.05) is 11.8 Å². The number of nitrogens with one attached hydrogen (secondary N) is 1. The van der Waals surface area contributed by atoms with Gasteiger partial charge in [0.15, 0.2) is 5.17 Å². The van der Waals surface area contributed by atoms with Crippen molar-refractivity contribution in [2.45, 2.75) is 38.3 Å². The minimum Gasteiger partial charge on any atom is -0.362 e. The maximum atomic E-state index is 4.82. The summed E-state index contributed by atoms with van der Waals surface area (Å²) in [6, 6.07) is 1.12. The minimum atomic E-state index is 0.518. The summed E-state index contributed by atoms with van der Waals surface area (Å²) in [7, 11) is 2.19. The lowest BCUT2D eigenvalue weighted by molar-refractivity contribution is 0.253. The van der Waals surface area contributed by atoms with E-state index < -0.39 is 0 Å². The van der Waals surface area contributed by atoms with Crippen LogP contribution in [0.2, 0.25) is 0 Å². The third-order valence-electron chi connectivity index (χ3n) is 3.06. The molecule has 86 valence electrons. The van der Waals surface area contributed by atoms with Gasteiger partial charge in [0.2, 0.25) is 0 Å². The van der Waals surface area contributed by atoms with Gasteiger partial charge < -0.3 is 10.2 Å². The van der Waals surface area contributed by atoms with Crippen LogP contribution in [0, 0.1) is 0 Å². The Bertz CT molecular complexity index is 242. The molecule has 2 rings (SSSR count). The van der Waals surface area contributed by atoms with Crippen LogP contribution in [0.1, 0.15) is 26.2 Å². The lowest BCUT2D eigenvalue weighted by Gasteiger charge is -2.29. The summed E-state index contributed by atoms with van der Waals surface area (Å²) < 4.78 is 0. The van der Waals surface area contributed by atoms with Crippen LogP contribution in [0.3, 0.4) is 0 Å². The Morgan fingerprint density at radius 2 is 2.33 bits per heavy atom. The first-order valence-corrected chi connectivity index (χ1v) is 6.88. The molecule has 2 saturated heterocycles. The van der Waals surface area contributed by atoms with Gasteiger partial charge in [-0.25, -0.2) is 0 Å². The van der Waals surface area contributed by atoms with Crippen molar-refractivity contribution in [1.29, 1.82) is 0 Å². The third kappa shape index (κ3) is 3.38. The maximum Gasteiger partial charge on any atom is 0.157 e. The van der Waals surface area contributed by atoms with E-state index in [0.29, 0.717) is 12.1 Å². The first kappa shape index (κ1) is 11.3. The first-order valence-electron chi connectivity index (χ1n) is 5.90. The van der Waals surface area contributed by atoms with Crippen molar-refractivity contribution in [2.24, 2.45) is 4.99 Å². The van der Waals surface area contributed by atoms with Crippen LogP contribution in [0.15, 0.2) is 4.99 Å². The molecular weight excluding hydrogens is 206 g/mol. The van der Waals surface area contributed by atoms with E-state index >= 15 is 0 Å². The van der Waals surface area contributed by atoms with Gasteiger partial charge in [-0.3, -0.25) is 4.99 Å². The van der Waals surface area contributed by atoms with Crippen molar-refractivity contribution in [3.05, 3.63) is 0 Å². The number of aliphatic imine (C=N–C) groups is 1. The van der Waals surface area contributed by atoms with E-state index in [2.05, 4.69) is 24.2 Å². The van der Waals surface area contributed by atoms with Crippen LogP contribution in [0.4, 0.5) is 0 Å². The molecule has 2 aliphatic rings. The summed E-state index contributed by atoms with van der Waals surface area (Å²) in [6.45, 7) is 4.60. The van der Waals surface area contributed by atoms with Crippen LogP contribution in [0.5, 0.6) is 0 Å². The molecule has 2 heterocycles. The molecule has 0 amide bonds. The second-order valence-electron chi connectivity index (χ2n) is 4.68. The van der Waals surface area contributed by atoms with Gasteiger partial charge in [0.1, 0.15) is 0 Å². The van der Waals surface area contributed by atoms with Crippen LogP contribution >= 0.6 is 11.8 Å². The zero-order chi connectivity index (χ0) is 10.7. The van der Waals surface area contributed by atoms with Crippen molar-refractivity contribution in [2.75, 3.05) is 25.9 Å². The van der Waals surface area contributed by atoms with E-state index in [1.54, 1.807) is 0 Å². The van der Waals surface area contributed by atoms with E-state index in [1.165, 1.54) is 36.7 Å². The van der Waals surface area contributed by atoms with Crippen LogP contribution in [0.25, 0.3) is 0 Å². The van der Waals surface area contributed by atoms with Gasteiger partial charge in [0.05, 0.1) is 6.04 Å². The number of amidine groups is 1. The predicted octanol–water partition coefficient (Wildman–Crippen LogP) is 1.55. The van der Waals surface area contributed by atoms with Gasteiger partial charge in [-0.15, -0.1) is 0 Å². The van der Waals surface area contributed by atoms with Crippen molar-refractivity contribution in [3.63, 3.8) is 0 Å². The quantitative estimate of drug-likeness (QED) is 0.736. The number of piperidine rings is 1. The van der Waals surface area contributed by atoms with Crippen molar-refractivity contribution in [3.8, 4) is 0 Å². The van der Waals surface area contributed by atoms with E-state index in [0.717, 1.165) is 6.54 Å². The highest BCUT2D eigenvalue weighted by Gasteiger charge is 2.19. The summed E-state index contributed by atoms with van der Waals surface area (Å²) in [5.74, 6) is 1.22. The zero-order valence-corrected chi connectivity index (χ0v) is 10.5. The topological polar surface area (TPSA) is 27.6 Å². The fourth-order valence-corrected chi connectivity index (χ4v) is 3.31. The van der Waals surface area contributed by atoms with Crippen molar-refractivity contribution in [1.82, 2.24) is 10.2 Å². The number of rotatable bonds is 1. The Kier molecular flexibility index (Phi) is 3.92. The Labute approximate surface area is 96.7 Å². The van der Waals surface area contributed by atoms with Crippen LogP contribution in [-0.2, 0) is 0 Å². The monoisotopic (exact) mass is 227 g/mol. The molecule has 2 unspecified atom stereocenters. The van der Waals surface area contributed by atoms with E-state index in [-0.39, 0.29) is 0 Å². The maximum absolute atomic E-state index is 4.82. The molecule has 2 atom stereocenters. The molecule has 0 radical (unpaired) electrons. The van der Waals surface area contributed by atoms with Gasteiger partial charge in [0.25, 0.3) is 0 Å². The van der Waals surface area contributed by atoms with Gasteiger partial charge in [-0.05, 0) is 39.8 Å². The second kappa shape index (κ2) is 5.21.